The number of benzene rings is 2. The molecule has 59 heavy (non-hydrogen) atoms. The molecule has 0 bridgehead atoms. The number of anilines is 2. The molecule has 2 N–H and O–H groups in total. The number of nitrogens with two attached hydrogens (primary N) is 1. The van der Waals surface area contributed by atoms with E-state index in [4.69, 9.17) is 15.2 Å². The second-order valence-corrected chi connectivity index (χ2v) is 17.1. The molecule has 4 atom stereocenters. The number of carbonyl (C=O) groups excluding carboxylic acids is 1. The minimum Gasteiger partial charge on any atom is -0.461 e. The van der Waals surface area contributed by atoms with Gasteiger partial charge in [-0.3, -0.25) is 9.69 Å². The fourth-order valence-electron chi connectivity index (χ4n) is 9.76. The van der Waals surface area contributed by atoms with Crippen LogP contribution in [0.15, 0.2) is 18.2 Å². The summed E-state index contributed by atoms with van der Waals surface area (Å²) in [6.45, 7) is 4.25. The standard InChI is InChI=1S/C40H41F8N7O3S/c1-4-54(22-10-19(2)55(17-22)36(56)20-11-23(12-20)57-3)35-25-13-27(39(43,44)45)30(24-6-7-28(42)33-29(24)26(15-49)34(50)59-33)31(40(46,47)48)32(25)51-37(52-35)58-18-38-8-5-9-53(38)16-21(41)14-38/h6-7,13,19-23H,4-5,8-12,14,16-18,50H2,1-3H3/t19-,20?,21+,22-,23?,38-/m0/s1. The van der Waals surface area contributed by atoms with Gasteiger partial charge < -0.3 is 25.0 Å². The minimum absolute atomic E-state index is 0.0448. The molecule has 3 aliphatic heterocycles. The molecule has 0 unspecified atom stereocenters. The van der Waals surface area contributed by atoms with Crippen LogP contribution in [0.25, 0.3) is 32.1 Å². The normalized spacial score (nSPS) is 26.1. The Bertz CT molecular complexity index is 2360. The summed E-state index contributed by atoms with van der Waals surface area (Å²) in [5.74, 6) is -1.64. The first-order valence-corrected chi connectivity index (χ1v) is 20.3. The predicted octanol–water partition coefficient (Wildman–Crippen LogP) is 8.34. The number of hydrogen-bond acceptors (Lipinski definition) is 10. The number of nitriles is 1. The number of likely N-dealkylation sites (tertiary alicyclic amines) is 1. The number of thiophene rings is 1. The van der Waals surface area contributed by atoms with Crippen LogP contribution in [0.3, 0.4) is 0 Å². The highest BCUT2D eigenvalue weighted by Crippen LogP contribution is 2.53. The number of aromatic nitrogens is 2. The van der Waals surface area contributed by atoms with Crippen LogP contribution < -0.4 is 15.4 Å². The lowest BCUT2D eigenvalue weighted by Crippen LogP contribution is -2.46. The van der Waals surface area contributed by atoms with E-state index in [0.29, 0.717) is 49.6 Å². The van der Waals surface area contributed by atoms with Gasteiger partial charge in [-0.05, 0) is 70.2 Å². The number of ether oxygens (including phenoxy) is 2. The fraction of sp³-hybridized carbons (Fsp3) is 0.550. The largest absolute Gasteiger partial charge is 0.461 e. The highest BCUT2D eigenvalue weighted by Gasteiger charge is 2.50. The second-order valence-electron chi connectivity index (χ2n) is 16.1. The van der Waals surface area contributed by atoms with E-state index in [1.807, 2.05) is 11.8 Å². The molecule has 8 rings (SSSR count). The highest BCUT2D eigenvalue weighted by atomic mass is 32.1. The first kappa shape index (κ1) is 41.2. The van der Waals surface area contributed by atoms with E-state index in [-0.39, 0.29) is 72.2 Å². The summed E-state index contributed by atoms with van der Waals surface area (Å²) in [4.78, 5) is 27.5. The van der Waals surface area contributed by atoms with Crippen LogP contribution in [-0.4, -0.2) is 95.5 Å². The summed E-state index contributed by atoms with van der Waals surface area (Å²) in [5, 5.41) is 8.57. The van der Waals surface area contributed by atoms with Crippen LogP contribution in [0.2, 0.25) is 0 Å². The number of methoxy groups -OCH3 is 1. The zero-order valence-electron chi connectivity index (χ0n) is 32.3. The van der Waals surface area contributed by atoms with Gasteiger partial charge in [0, 0.05) is 67.5 Å². The fourth-order valence-corrected chi connectivity index (χ4v) is 10.7. The lowest BCUT2D eigenvalue weighted by molar-refractivity contribution is -0.144. The van der Waals surface area contributed by atoms with Crippen molar-refractivity contribution in [2.45, 2.75) is 94.6 Å². The van der Waals surface area contributed by atoms with E-state index in [2.05, 4.69) is 9.97 Å². The molecule has 19 heteroatoms. The summed E-state index contributed by atoms with van der Waals surface area (Å²) in [6.07, 6.45) is -9.35. The first-order chi connectivity index (χ1) is 27.9. The van der Waals surface area contributed by atoms with E-state index in [1.54, 1.807) is 29.9 Å². The van der Waals surface area contributed by atoms with Gasteiger partial charge in [0.2, 0.25) is 5.91 Å². The first-order valence-electron chi connectivity index (χ1n) is 19.4. The molecule has 0 radical (unpaired) electrons. The third kappa shape index (κ3) is 6.98. The number of halogens is 8. The van der Waals surface area contributed by atoms with E-state index in [1.165, 1.54) is 0 Å². The Labute approximate surface area is 337 Å². The minimum atomic E-state index is -5.52. The Morgan fingerprint density at radius 1 is 1.14 bits per heavy atom. The average Bonchev–Trinajstić information content (AvgIpc) is 3.89. The summed E-state index contributed by atoms with van der Waals surface area (Å²) in [7, 11) is 1.57. The summed E-state index contributed by atoms with van der Waals surface area (Å²) < 4.78 is 135. The lowest BCUT2D eigenvalue weighted by atomic mass is 9.81. The van der Waals surface area contributed by atoms with Crippen molar-refractivity contribution in [1.82, 2.24) is 19.8 Å². The molecule has 1 aliphatic carbocycles. The van der Waals surface area contributed by atoms with Gasteiger partial charge in [-0.15, -0.1) is 11.3 Å². The summed E-state index contributed by atoms with van der Waals surface area (Å²) in [5.41, 5.74) is -1.81. The van der Waals surface area contributed by atoms with Crippen LogP contribution in [0, 0.1) is 23.1 Å². The monoisotopic (exact) mass is 851 g/mol. The van der Waals surface area contributed by atoms with Gasteiger partial charge in [0.15, 0.2) is 0 Å². The van der Waals surface area contributed by atoms with Gasteiger partial charge in [-0.2, -0.15) is 41.6 Å². The third-order valence-electron chi connectivity index (χ3n) is 12.6. The van der Waals surface area contributed by atoms with Crippen LogP contribution in [0.4, 0.5) is 45.9 Å². The predicted molar refractivity (Wildman–Crippen MR) is 204 cm³/mol. The van der Waals surface area contributed by atoms with Gasteiger partial charge in [-0.1, -0.05) is 6.07 Å². The quantitative estimate of drug-likeness (QED) is 0.166. The lowest BCUT2D eigenvalue weighted by Gasteiger charge is -2.37. The topological polar surface area (TPSA) is 121 Å². The molecule has 1 amide bonds. The van der Waals surface area contributed by atoms with E-state index in [0.717, 1.165) is 18.6 Å². The maximum atomic E-state index is 15.8. The van der Waals surface area contributed by atoms with E-state index < -0.39 is 86.0 Å². The van der Waals surface area contributed by atoms with Crippen molar-refractivity contribution >= 4 is 49.1 Å². The SMILES string of the molecule is CCN(c1nc(OC[C@@]23CCCN2C[C@H](F)C3)nc2c(C(F)(F)F)c(-c3ccc(F)c4sc(N)c(C#N)c34)c(C(F)(F)F)cc12)[C@H]1C[C@H](C)N(C(=O)C2CC(OC)C2)C1. The van der Waals surface area contributed by atoms with Crippen LogP contribution in [0.5, 0.6) is 6.01 Å². The zero-order chi connectivity index (χ0) is 42.3. The number of fused-ring (bicyclic) bond motifs is 3. The van der Waals surface area contributed by atoms with Crippen LogP contribution in [-0.2, 0) is 21.9 Å². The smallest absolute Gasteiger partial charge is 0.419 e. The Hall–Kier alpha value is -4.54. The number of rotatable bonds is 9. The van der Waals surface area contributed by atoms with Gasteiger partial charge in [0.25, 0.3) is 0 Å². The molecular formula is C40H41F8N7O3S. The molecule has 2 aromatic carbocycles. The average molecular weight is 852 g/mol. The van der Waals surface area contributed by atoms with Crippen molar-refractivity contribution < 1.29 is 49.4 Å². The maximum Gasteiger partial charge on any atom is 0.419 e. The number of likely N-dealkylation sites (N-methyl/N-ethyl adjacent to an activating group) is 1. The number of alkyl halides is 7. The molecule has 316 valence electrons. The Kier molecular flexibility index (Phi) is 10.4. The maximum absolute atomic E-state index is 15.8. The Morgan fingerprint density at radius 2 is 1.88 bits per heavy atom. The number of nitrogens with zero attached hydrogens (tertiary/aromatic N) is 6. The van der Waals surface area contributed by atoms with Crippen molar-refractivity contribution in [3.8, 4) is 23.2 Å². The van der Waals surface area contributed by atoms with E-state index >= 15 is 30.7 Å². The molecule has 2 aromatic heterocycles. The van der Waals surface area contributed by atoms with Gasteiger partial charge in [-0.25, -0.2) is 8.78 Å². The highest BCUT2D eigenvalue weighted by molar-refractivity contribution is 7.23. The van der Waals surface area contributed by atoms with Gasteiger partial charge >= 0.3 is 18.4 Å². The Balaban J connectivity index is 1.35. The van der Waals surface area contributed by atoms with Crippen molar-refractivity contribution in [1.29, 1.82) is 5.26 Å². The van der Waals surface area contributed by atoms with Gasteiger partial charge in [0.1, 0.15) is 35.5 Å². The van der Waals surface area contributed by atoms with Crippen molar-refractivity contribution in [3.63, 3.8) is 0 Å². The third-order valence-corrected chi connectivity index (χ3v) is 13.7. The number of nitrogen functional groups attached to an aromatic ring is 1. The van der Waals surface area contributed by atoms with Crippen molar-refractivity contribution in [2.75, 3.05) is 50.5 Å². The molecule has 0 spiro atoms. The van der Waals surface area contributed by atoms with Crippen molar-refractivity contribution in [3.05, 3.63) is 40.7 Å². The molecule has 1 saturated carbocycles. The number of amides is 1. The molecule has 4 aliphatic rings. The second kappa shape index (κ2) is 14.9. The molecule has 10 nitrogen and oxygen atoms in total. The van der Waals surface area contributed by atoms with Crippen LogP contribution >= 0.6 is 11.3 Å². The number of hydrogen-bond donors (Lipinski definition) is 1. The molecule has 3 saturated heterocycles. The zero-order valence-corrected chi connectivity index (χ0v) is 33.1. The molecular weight excluding hydrogens is 811 g/mol. The number of carbonyl (C=O) groups is 1. The summed E-state index contributed by atoms with van der Waals surface area (Å²) >= 11 is 0.531. The van der Waals surface area contributed by atoms with E-state index in [9.17, 15) is 14.4 Å². The van der Waals surface area contributed by atoms with Crippen LogP contribution in [0.1, 0.15) is 69.1 Å². The molecule has 4 fully saturated rings. The summed E-state index contributed by atoms with van der Waals surface area (Å²) in [6, 6.07) is 2.33. The van der Waals surface area contributed by atoms with Gasteiger partial charge in [0.05, 0.1) is 38.5 Å². The molecule has 5 heterocycles. The molecule has 4 aromatic rings. The van der Waals surface area contributed by atoms with Crippen molar-refractivity contribution in [2.24, 2.45) is 5.92 Å². The Morgan fingerprint density at radius 3 is 2.54 bits per heavy atom.